The van der Waals surface area contributed by atoms with E-state index in [1.165, 1.54) is 29.1 Å². The van der Waals surface area contributed by atoms with Crippen molar-refractivity contribution in [2.24, 2.45) is 4.99 Å². The maximum absolute atomic E-state index is 14.1. The largest absolute Gasteiger partial charge is 0.488 e. The molecule has 0 bridgehead atoms. The highest BCUT2D eigenvalue weighted by molar-refractivity contribution is 7.07. The van der Waals surface area contributed by atoms with Crippen LogP contribution in [-0.4, -0.2) is 17.6 Å². The van der Waals surface area contributed by atoms with E-state index in [0.717, 1.165) is 5.56 Å². The molecule has 0 N–H and O–H groups in total. The molecule has 0 aliphatic carbocycles. The van der Waals surface area contributed by atoms with Crippen molar-refractivity contribution in [1.82, 2.24) is 4.57 Å². The predicted octanol–water partition coefficient (Wildman–Crippen LogP) is 4.13. The maximum Gasteiger partial charge on any atom is 0.338 e. The predicted molar refractivity (Wildman–Crippen MR) is 139 cm³/mol. The van der Waals surface area contributed by atoms with Crippen LogP contribution in [0.1, 0.15) is 29.7 Å². The molecular formula is C29H23FN2O4S. The zero-order valence-electron chi connectivity index (χ0n) is 20.2. The Labute approximate surface area is 216 Å². The van der Waals surface area contributed by atoms with Gasteiger partial charge >= 0.3 is 5.97 Å². The fraction of sp³-hybridized carbons (Fsp3) is 0.138. The smallest absolute Gasteiger partial charge is 0.338 e. The number of benzene rings is 3. The molecule has 1 unspecified atom stereocenters. The third-order valence-electron chi connectivity index (χ3n) is 6.09. The summed E-state index contributed by atoms with van der Waals surface area (Å²) in [5, 5.41) is 0. The van der Waals surface area contributed by atoms with Crippen molar-refractivity contribution in [3.8, 4) is 5.75 Å². The van der Waals surface area contributed by atoms with Gasteiger partial charge in [0.05, 0.1) is 29.0 Å². The number of methoxy groups -OCH3 is 1. The van der Waals surface area contributed by atoms with Gasteiger partial charge in [0, 0.05) is 11.1 Å². The molecule has 2 heterocycles. The molecule has 8 heteroatoms. The SMILES string of the molecule is COC(=O)C1=C(C)N=c2sc(=Cc3ccccc3OCc3ccccc3F)c(=O)n2C1c1ccccc1. The summed E-state index contributed by atoms with van der Waals surface area (Å²) in [5.74, 6) is -0.357. The van der Waals surface area contributed by atoms with Gasteiger partial charge < -0.3 is 9.47 Å². The Balaban J connectivity index is 1.60. The second-order valence-electron chi connectivity index (χ2n) is 8.40. The molecule has 1 aliphatic rings. The van der Waals surface area contributed by atoms with E-state index in [0.29, 0.717) is 37.5 Å². The first-order chi connectivity index (χ1) is 18.0. The number of ether oxygens (including phenoxy) is 2. The molecule has 1 aromatic heterocycles. The third-order valence-corrected chi connectivity index (χ3v) is 7.07. The molecule has 3 aromatic carbocycles. The Hall–Kier alpha value is -4.30. The number of thiazole rings is 1. The van der Waals surface area contributed by atoms with Crippen molar-refractivity contribution < 1.29 is 18.7 Å². The minimum Gasteiger partial charge on any atom is -0.488 e. The van der Waals surface area contributed by atoms with Crippen LogP contribution in [0.25, 0.3) is 6.08 Å². The molecule has 1 aliphatic heterocycles. The summed E-state index contributed by atoms with van der Waals surface area (Å²) in [6, 6.07) is 22.4. The number of esters is 1. The fourth-order valence-electron chi connectivity index (χ4n) is 4.29. The second-order valence-corrected chi connectivity index (χ2v) is 9.41. The Bertz CT molecular complexity index is 1690. The van der Waals surface area contributed by atoms with E-state index in [2.05, 4.69) is 4.99 Å². The van der Waals surface area contributed by atoms with Crippen molar-refractivity contribution in [3.63, 3.8) is 0 Å². The summed E-state index contributed by atoms with van der Waals surface area (Å²) in [7, 11) is 1.31. The van der Waals surface area contributed by atoms with E-state index in [1.807, 2.05) is 48.5 Å². The summed E-state index contributed by atoms with van der Waals surface area (Å²) in [6.45, 7) is 1.79. The van der Waals surface area contributed by atoms with Gasteiger partial charge in [-0.25, -0.2) is 14.2 Å². The molecule has 186 valence electrons. The lowest BCUT2D eigenvalue weighted by molar-refractivity contribution is -0.136. The number of carbonyl (C=O) groups is 1. The van der Waals surface area contributed by atoms with Gasteiger partial charge in [0.1, 0.15) is 18.2 Å². The number of aromatic nitrogens is 1. The minimum absolute atomic E-state index is 0.0501. The molecule has 6 nitrogen and oxygen atoms in total. The van der Waals surface area contributed by atoms with Crippen LogP contribution in [0.15, 0.2) is 99.9 Å². The van der Waals surface area contributed by atoms with Crippen LogP contribution >= 0.6 is 11.3 Å². The fourth-order valence-corrected chi connectivity index (χ4v) is 5.32. The van der Waals surface area contributed by atoms with Gasteiger partial charge in [0.2, 0.25) is 0 Å². The van der Waals surface area contributed by atoms with E-state index >= 15 is 0 Å². The Morgan fingerprint density at radius 1 is 1.05 bits per heavy atom. The lowest BCUT2D eigenvalue weighted by Crippen LogP contribution is -2.39. The highest BCUT2D eigenvalue weighted by atomic mass is 32.1. The molecule has 0 saturated carbocycles. The first kappa shape index (κ1) is 24.4. The topological polar surface area (TPSA) is 69.9 Å². The van der Waals surface area contributed by atoms with Gasteiger partial charge in [-0.3, -0.25) is 9.36 Å². The van der Waals surface area contributed by atoms with E-state index in [4.69, 9.17) is 9.47 Å². The van der Waals surface area contributed by atoms with Gasteiger partial charge in [-0.2, -0.15) is 0 Å². The Morgan fingerprint density at radius 3 is 2.51 bits per heavy atom. The van der Waals surface area contributed by atoms with Gasteiger partial charge in [0.15, 0.2) is 4.80 Å². The molecule has 0 radical (unpaired) electrons. The van der Waals surface area contributed by atoms with Crippen LogP contribution in [0.2, 0.25) is 0 Å². The molecule has 1 atom stereocenters. The third kappa shape index (κ3) is 4.75. The molecular weight excluding hydrogens is 491 g/mol. The quantitative estimate of drug-likeness (QED) is 0.363. The normalized spacial score (nSPS) is 15.2. The van der Waals surface area contributed by atoms with Crippen LogP contribution < -0.4 is 19.6 Å². The van der Waals surface area contributed by atoms with E-state index in [9.17, 15) is 14.0 Å². The summed E-state index contributed by atoms with van der Waals surface area (Å²) in [4.78, 5) is 31.5. The zero-order chi connectivity index (χ0) is 25.9. The minimum atomic E-state index is -0.667. The van der Waals surface area contributed by atoms with Gasteiger partial charge in [-0.1, -0.05) is 78.1 Å². The van der Waals surface area contributed by atoms with Gasteiger partial charge in [-0.15, -0.1) is 0 Å². The number of halogens is 1. The molecule has 4 aromatic rings. The highest BCUT2D eigenvalue weighted by Gasteiger charge is 2.32. The Kier molecular flexibility index (Phi) is 6.83. The number of hydrogen-bond donors (Lipinski definition) is 0. The van der Waals surface area contributed by atoms with Crippen molar-refractivity contribution in [2.75, 3.05) is 7.11 Å². The van der Waals surface area contributed by atoms with Crippen molar-refractivity contribution in [1.29, 1.82) is 0 Å². The number of rotatable bonds is 6. The lowest BCUT2D eigenvalue weighted by Gasteiger charge is -2.24. The molecule has 5 rings (SSSR count). The van der Waals surface area contributed by atoms with E-state index in [1.54, 1.807) is 37.3 Å². The first-order valence-corrected chi connectivity index (χ1v) is 12.4. The molecule has 37 heavy (non-hydrogen) atoms. The van der Waals surface area contributed by atoms with E-state index < -0.39 is 12.0 Å². The van der Waals surface area contributed by atoms with E-state index in [-0.39, 0.29) is 18.0 Å². The molecule has 0 fully saturated rings. The summed E-state index contributed by atoms with van der Waals surface area (Å²) >= 11 is 1.23. The molecule has 0 saturated heterocycles. The highest BCUT2D eigenvalue weighted by Crippen LogP contribution is 2.30. The summed E-state index contributed by atoms with van der Waals surface area (Å²) in [5.41, 5.74) is 2.42. The monoisotopic (exact) mass is 514 g/mol. The number of nitrogens with zero attached hydrogens (tertiary/aromatic N) is 2. The standard InChI is InChI=1S/C29H23FN2O4S/c1-18-25(28(34)35-2)26(19-10-4-3-5-11-19)32-27(33)24(37-29(32)31-18)16-20-12-7-9-15-23(20)36-17-21-13-6-8-14-22(21)30/h3-16,26H,17H2,1-2H3. The van der Waals surface area contributed by atoms with Crippen LogP contribution in [0.5, 0.6) is 5.75 Å². The van der Waals surface area contributed by atoms with Crippen LogP contribution in [0.3, 0.4) is 0 Å². The van der Waals surface area contributed by atoms with Crippen molar-refractivity contribution in [3.05, 3.63) is 132 Å². The van der Waals surface area contributed by atoms with Crippen LogP contribution in [0.4, 0.5) is 4.39 Å². The van der Waals surface area contributed by atoms with Crippen LogP contribution in [0, 0.1) is 5.82 Å². The zero-order valence-corrected chi connectivity index (χ0v) is 21.0. The van der Waals surface area contributed by atoms with Gasteiger partial charge in [-0.05, 0) is 30.7 Å². The summed E-state index contributed by atoms with van der Waals surface area (Å²) in [6.07, 6.45) is 1.74. The second kappa shape index (κ2) is 10.4. The summed E-state index contributed by atoms with van der Waals surface area (Å²) < 4.78 is 27.0. The molecule has 0 spiro atoms. The number of para-hydroxylation sites is 1. The average Bonchev–Trinajstić information content (AvgIpc) is 3.22. The van der Waals surface area contributed by atoms with Gasteiger partial charge in [0.25, 0.3) is 5.56 Å². The number of hydrogen-bond acceptors (Lipinski definition) is 6. The lowest BCUT2D eigenvalue weighted by atomic mass is 9.96. The maximum atomic E-state index is 14.1. The molecule has 0 amide bonds. The average molecular weight is 515 g/mol. The first-order valence-electron chi connectivity index (χ1n) is 11.6. The number of fused-ring (bicyclic) bond motifs is 1. The Morgan fingerprint density at radius 2 is 1.76 bits per heavy atom. The van der Waals surface area contributed by atoms with Crippen LogP contribution in [-0.2, 0) is 16.1 Å². The number of allylic oxidation sites excluding steroid dienone is 1. The number of carbonyl (C=O) groups excluding carboxylic acids is 1. The van der Waals surface area contributed by atoms with Crippen molar-refractivity contribution in [2.45, 2.75) is 19.6 Å². The van der Waals surface area contributed by atoms with Crippen molar-refractivity contribution >= 4 is 23.4 Å².